The van der Waals surface area contributed by atoms with Crippen LogP contribution in [-0.2, 0) is 17.9 Å². The molecule has 4 N–H and O–H groups in total. The van der Waals surface area contributed by atoms with Gasteiger partial charge in [0.15, 0.2) is 6.61 Å². The van der Waals surface area contributed by atoms with Gasteiger partial charge in [-0.3, -0.25) is 14.4 Å². The average molecular weight is 451 g/mol. The minimum Gasteiger partial charge on any atom is -0.484 e. The van der Waals surface area contributed by atoms with Crippen molar-refractivity contribution >= 4 is 17.7 Å². The highest BCUT2D eigenvalue weighted by molar-refractivity contribution is 5.97. The molecule has 0 bridgehead atoms. The summed E-state index contributed by atoms with van der Waals surface area (Å²) in [6, 6.07) is 12.7. The first-order chi connectivity index (χ1) is 15.8. The molecule has 33 heavy (non-hydrogen) atoms. The van der Waals surface area contributed by atoms with Gasteiger partial charge in [-0.15, -0.1) is 0 Å². The van der Waals surface area contributed by atoms with Crippen molar-refractivity contribution in [3.05, 3.63) is 88.8 Å². The third-order valence-electron chi connectivity index (χ3n) is 4.54. The third-order valence-corrected chi connectivity index (χ3v) is 4.54. The summed E-state index contributed by atoms with van der Waals surface area (Å²) in [4.78, 5) is 43.6. The maximum Gasteiger partial charge on any atom is 0.270 e. The summed E-state index contributed by atoms with van der Waals surface area (Å²) in [6.45, 7) is 1.74. The smallest absolute Gasteiger partial charge is 0.270 e. The van der Waals surface area contributed by atoms with Crippen LogP contribution in [0.5, 0.6) is 5.75 Å². The highest BCUT2D eigenvalue weighted by Crippen LogP contribution is 2.13. The van der Waals surface area contributed by atoms with Gasteiger partial charge < -0.3 is 21.1 Å². The predicted molar refractivity (Wildman–Crippen MR) is 117 cm³/mol. The first-order valence-electron chi connectivity index (χ1n) is 9.95. The van der Waals surface area contributed by atoms with E-state index >= 15 is 0 Å². The minimum atomic E-state index is -0.593. The fraction of sp³-hybridized carbons (Fsp3) is 0.174. The van der Waals surface area contributed by atoms with Crippen LogP contribution >= 0.6 is 0 Å². The molecule has 0 spiro atoms. The summed E-state index contributed by atoms with van der Waals surface area (Å²) >= 11 is 0. The Labute approximate surface area is 189 Å². The first kappa shape index (κ1) is 23.3. The Morgan fingerprint density at radius 2 is 1.58 bits per heavy atom. The lowest BCUT2D eigenvalue weighted by Crippen LogP contribution is -2.27. The van der Waals surface area contributed by atoms with Crippen molar-refractivity contribution in [2.45, 2.75) is 20.0 Å². The molecule has 0 radical (unpaired) electrons. The van der Waals surface area contributed by atoms with E-state index in [9.17, 15) is 18.8 Å². The zero-order valence-electron chi connectivity index (χ0n) is 17.8. The number of rotatable bonds is 9. The number of benzene rings is 2. The molecule has 3 aromatic rings. The largest absolute Gasteiger partial charge is 0.484 e. The molecule has 0 saturated carbocycles. The van der Waals surface area contributed by atoms with Gasteiger partial charge >= 0.3 is 0 Å². The molecule has 0 aliphatic carbocycles. The number of amides is 3. The molecule has 3 rings (SSSR count). The van der Waals surface area contributed by atoms with Gasteiger partial charge in [-0.05, 0) is 41.8 Å². The zero-order chi connectivity index (χ0) is 23.8. The summed E-state index contributed by atoms with van der Waals surface area (Å²) in [5.74, 6) is -1.46. The lowest BCUT2D eigenvalue weighted by Gasteiger charge is -2.09. The fourth-order valence-corrected chi connectivity index (χ4v) is 2.87. The van der Waals surface area contributed by atoms with Gasteiger partial charge in [-0.1, -0.05) is 24.3 Å². The van der Waals surface area contributed by atoms with Gasteiger partial charge in [0.1, 0.15) is 29.3 Å². The van der Waals surface area contributed by atoms with Crippen molar-refractivity contribution < 1.29 is 23.5 Å². The molecule has 0 unspecified atom stereocenters. The number of aryl methyl sites for hydroxylation is 1. The van der Waals surface area contributed by atoms with E-state index < -0.39 is 17.7 Å². The molecule has 9 nitrogen and oxygen atoms in total. The van der Waals surface area contributed by atoms with Crippen molar-refractivity contribution in [2.24, 2.45) is 5.73 Å². The molecule has 2 aromatic carbocycles. The molecule has 10 heteroatoms. The van der Waals surface area contributed by atoms with Gasteiger partial charge in [-0.2, -0.15) is 0 Å². The molecule has 170 valence electrons. The molecule has 3 amide bonds. The highest BCUT2D eigenvalue weighted by Gasteiger charge is 2.13. The molecular weight excluding hydrogens is 429 g/mol. The Bertz CT molecular complexity index is 1190. The molecule has 1 aromatic heterocycles. The van der Waals surface area contributed by atoms with Crippen molar-refractivity contribution in [1.29, 1.82) is 0 Å². The van der Waals surface area contributed by atoms with E-state index in [-0.39, 0.29) is 36.9 Å². The number of carbonyl (C=O) groups excluding carboxylic acids is 3. The second kappa shape index (κ2) is 10.8. The monoisotopic (exact) mass is 451 g/mol. The number of carbonyl (C=O) groups is 3. The summed E-state index contributed by atoms with van der Waals surface area (Å²) in [6.07, 6.45) is 1.13. The van der Waals surface area contributed by atoms with Crippen LogP contribution < -0.4 is 21.1 Å². The zero-order valence-corrected chi connectivity index (χ0v) is 17.8. The summed E-state index contributed by atoms with van der Waals surface area (Å²) in [5, 5.41) is 5.38. The maximum atomic E-state index is 13.4. The number of ether oxygens (including phenoxy) is 1. The van der Waals surface area contributed by atoms with Crippen molar-refractivity contribution in [3.8, 4) is 5.75 Å². The van der Waals surface area contributed by atoms with Crippen LogP contribution in [0.1, 0.15) is 37.7 Å². The Hall–Kier alpha value is -4.34. The van der Waals surface area contributed by atoms with Crippen molar-refractivity contribution in [3.63, 3.8) is 0 Å². The Kier molecular flexibility index (Phi) is 7.64. The van der Waals surface area contributed by atoms with Gasteiger partial charge in [0.25, 0.3) is 17.7 Å². The molecule has 0 aliphatic heterocycles. The summed E-state index contributed by atoms with van der Waals surface area (Å²) in [7, 11) is 0. The molecule has 0 aliphatic rings. The van der Waals surface area contributed by atoms with Crippen LogP contribution in [0.3, 0.4) is 0 Å². The normalized spacial score (nSPS) is 10.4. The number of halogens is 1. The van der Waals surface area contributed by atoms with Crippen LogP contribution in [0.2, 0.25) is 0 Å². The standard InChI is InChI=1S/C23H22FN5O4/c1-14-7-16(5-6-18(14)24)11-27-23(32)20-9-19(28-13-29-20)22(31)26-10-15-3-2-4-17(8-15)33-12-21(25)30/h2-9,13H,10-12H2,1H3,(H2,25,30)(H,26,31)(H,27,32). The number of aromatic nitrogens is 2. The quantitative estimate of drug-likeness (QED) is 0.453. The van der Waals surface area contributed by atoms with Gasteiger partial charge in [0.2, 0.25) is 0 Å². The van der Waals surface area contributed by atoms with Crippen molar-refractivity contribution in [1.82, 2.24) is 20.6 Å². The summed E-state index contributed by atoms with van der Waals surface area (Å²) < 4.78 is 18.6. The topological polar surface area (TPSA) is 136 Å². The average Bonchev–Trinajstić information content (AvgIpc) is 2.82. The van der Waals surface area contributed by atoms with E-state index in [1.54, 1.807) is 43.3 Å². The first-order valence-corrected chi connectivity index (χ1v) is 9.95. The SMILES string of the molecule is Cc1cc(CNC(=O)c2cc(C(=O)NCc3cccc(OCC(N)=O)c3)ncn2)ccc1F. The van der Waals surface area contributed by atoms with Crippen LogP contribution in [0, 0.1) is 12.7 Å². The lowest BCUT2D eigenvalue weighted by atomic mass is 10.1. The maximum absolute atomic E-state index is 13.4. The molecule has 0 fully saturated rings. The van der Waals surface area contributed by atoms with Crippen LogP contribution in [0.4, 0.5) is 4.39 Å². The molecule has 0 saturated heterocycles. The number of hydrogen-bond acceptors (Lipinski definition) is 6. The number of nitrogens with two attached hydrogens (primary N) is 1. The second-order valence-corrected chi connectivity index (χ2v) is 7.14. The van der Waals surface area contributed by atoms with Gasteiger partial charge in [0.05, 0.1) is 0 Å². The Balaban J connectivity index is 1.57. The molecular formula is C23H22FN5O4. The van der Waals surface area contributed by atoms with E-state index in [4.69, 9.17) is 10.5 Å². The van der Waals surface area contributed by atoms with Crippen LogP contribution in [0.25, 0.3) is 0 Å². The molecule has 1 heterocycles. The predicted octanol–water partition coefficient (Wildman–Crippen LogP) is 1.65. The van der Waals surface area contributed by atoms with Crippen molar-refractivity contribution in [2.75, 3.05) is 6.61 Å². The fourth-order valence-electron chi connectivity index (χ4n) is 2.87. The summed E-state index contributed by atoms with van der Waals surface area (Å²) in [5.41, 5.74) is 7.05. The third kappa shape index (κ3) is 6.82. The number of hydrogen-bond donors (Lipinski definition) is 3. The van der Waals surface area contributed by atoms with E-state index in [1.165, 1.54) is 12.1 Å². The Morgan fingerprint density at radius 1 is 0.939 bits per heavy atom. The van der Waals surface area contributed by atoms with Crippen LogP contribution in [0.15, 0.2) is 54.9 Å². The minimum absolute atomic E-state index is 0.0221. The van der Waals surface area contributed by atoms with Gasteiger partial charge in [0, 0.05) is 19.2 Å². The van der Waals surface area contributed by atoms with E-state index in [0.29, 0.717) is 11.3 Å². The second-order valence-electron chi connectivity index (χ2n) is 7.14. The number of nitrogens with one attached hydrogen (secondary N) is 2. The highest BCUT2D eigenvalue weighted by atomic mass is 19.1. The van der Waals surface area contributed by atoms with E-state index in [0.717, 1.165) is 17.5 Å². The lowest BCUT2D eigenvalue weighted by molar-refractivity contribution is -0.119. The van der Waals surface area contributed by atoms with Gasteiger partial charge in [-0.25, -0.2) is 14.4 Å². The van der Waals surface area contributed by atoms with Crippen LogP contribution in [-0.4, -0.2) is 34.3 Å². The van der Waals surface area contributed by atoms with E-state index in [2.05, 4.69) is 20.6 Å². The van der Waals surface area contributed by atoms with E-state index in [1.807, 2.05) is 0 Å². The number of nitrogens with zero attached hydrogens (tertiary/aromatic N) is 2. The Morgan fingerprint density at radius 3 is 2.18 bits per heavy atom. The molecule has 0 atom stereocenters. The number of primary amides is 1.